The molecule has 0 saturated carbocycles. The first kappa shape index (κ1) is 17.8. The lowest BCUT2D eigenvalue weighted by atomic mass is 10.1. The fourth-order valence-electron chi connectivity index (χ4n) is 2.42. The number of pyridine rings is 1. The largest absolute Gasteiger partial charge is 0.346 e. The molecule has 0 spiro atoms. The Morgan fingerprint density at radius 1 is 0.926 bits per heavy atom. The molecule has 0 aliphatic rings. The topological polar surface area (TPSA) is 94.9 Å². The van der Waals surface area contributed by atoms with Gasteiger partial charge in [-0.2, -0.15) is 5.26 Å². The maximum Gasteiger partial charge on any atom is 0.255 e. The van der Waals surface area contributed by atoms with E-state index in [0.29, 0.717) is 28.9 Å². The van der Waals surface area contributed by atoms with Crippen molar-refractivity contribution in [3.05, 3.63) is 95.3 Å². The van der Waals surface area contributed by atoms with Crippen LogP contribution in [-0.2, 0) is 6.54 Å². The van der Waals surface area contributed by atoms with Crippen molar-refractivity contribution in [3.8, 4) is 6.07 Å². The number of hydrogen-bond acceptors (Lipinski definition) is 4. The van der Waals surface area contributed by atoms with Crippen LogP contribution in [0.1, 0.15) is 32.0 Å². The molecule has 2 amide bonds. The lowest BCUT2D eigenvalue weighted by molar-refractivity contribution is 0.0948. The average molecular weight is 356 g/mol. The maximum atomic E-state index is 12.3. The van der Waals surface area contributed by atoms with E-state index in [-0.39, 0.29) is 11.8 Å². The van der Waals surface area contributed by atoms with Crippen molar-refractivity contribution >= 4 is 17.5 Å². The molecule has 0 aliphatic carbocycles. The van der Waals surface area contributed by atoms with E-state index in [4.69, 9.17) is 5.26 Å². The van der Waals surface area contributed by atoms with Crippen molar-refractivity contribution in [3.63, 3.8) is 0 Å². The molecular weight excluding hydrogens is 340 g/mol. The summed E-state index contributed by atoms with van der Waals surface area (Å²) < 4.78 is 0. The van der Waals surface area contributed by atoms with Crippen LogP contribution in [0.15, 0.2) is 72.9 Å². The maximum absolute atomic E-state index is 12.3. The second kappa shape index (κ2) is 8.41. The predicted molar refractivity (Wildman–Crippen MR) is 101 cm³/mol. The van der Waals surface area contributed by atoms with Gasteiger partial charge in [0.05, 0.1) is 23.9 Å². The molecule has 0 bridgehead atoms. The minimum absolute atomic E-state index is 0.241. The van der Waals surface area contributed by atoms with E-state index in [1.54, 1.807) is 54.7 Å². The summed E-state index contributed by atoms with van der Waals surface area (Å²) in [4.78, 5) is 28.6. The monoisotopic (exact) mass is 356 g/mol. The van der Waals surface area contributed by atoms with Crippen LogP contribution in [0, 0.1) is 11.3 Å². The normalized spacial score (nSPS) is 9.89. The van der Waals surface area contributed by atoms with Gasteiger partial charge in [0.15, 0.2) is 0 Å². The Balaban J connectivity index is 1.61. The summed E-state index contributed by atoms with van der Waals surface area (Å²) in [6, 6.07) is 20.5. The number of nitriles is 1. The van der Waals surface area contributed by atoms with Crippen LogP contribution in [0.5, 0.6) is 0 Å². The molecule has 2 aromatic carbocycles. The van der Waals surface area contributed by atoms with Gasteiger partial charge in [-0.15, -0.1) is 0 Å². The molecule has 0 radical (unpaired) electrons. The van der Waals surface area contributed by atoms with E-state index in [9.17, 15) is 9.59 Å². The third-order valence-corrected chi connectivity index (χ3v) is 3.82. The molecule has 0 atom stereocenters. The van der Waals surface area contributed by atoms with Gasteiger partial charge < -0.3 is 10.6 Å². The number of amides is 2. The van der Waals surface area contributed by atoms with Crippen LogP contribution in [0.4, 0.5) is 5.69 Å². The number of nitrogens with zero attached hydrogens (tertiary/aromatic N) is 2. The Hall–Kier alpha value is -3.98. The molecule has 2 N–H and O–H groups in total. The van der Waals surface area contributed by atoms with Crippen LogP contribution in [0.3, 0.4) is 0 Å². The van der Waals surface area contributed by atoms with E-state index in [1.165, 1.54) is 0 Å². The zero-order valence-corrected chi connectivity index (χ0v) is 14.3. The highest BCUT2D eigenvalue weighted by Gasteiger charge is 2.10. The van der Waals surface area contributed by atoms with Gasteiger partial charge in [-0.25, -0.2) is 0 Å². The summed E-state index contributed by atoms with van der Waals surface area (Å²) in [5.41, 5.74) is 2.64. The average Bonchev–Trinajstić information content (AvgIpc) is 2.73. The number of aromatic nitrogens is 1. The van der Waals surface area contributed by atoms with Crippen LogP contribution in [0.2, 0.25) is 0 Å². The number of rotatable bonds is 5. The molecule has 3 rings (SSSR count). The Bertz CT molecular complexity index is 993. The highest BCUT2D eigenvalue weighted by atomic mass is 16.2. The van der Waals surface area contributed by atoms with Crippen molar-refractivity contribution in [2.45, 2.75) is 6.54 Å². The first-order valence-electron chi connectivity index (χ1n) is 8.25. The van der Waals surface area contributed by atoms with Gasteiger partial charge in [-0.1, -0.05) is 12.1 Å². The molecule has 132 valence electrons. The highest BCUT2D eigenvalue weighted by Crippen LogP contribution is 2.12. The van der Waals surface area contributed by atoms with E-state index in [1.807, 2.05) is 24.3 Å². The quantitative estimate of drug-likeness (QED) is 0.734. The molecule has 3 aromatic rings. The lowest BCUT2D eigenvalue weighted by Gasteiger charge is -2.07. The van der Waals surface area contributed by atoms with E-state index in [2.05, 4.69) is 15.6 Å². The summed E-state index contributed by atoms with van der Waals surface area (Å²) in [5.74, 6) is -0.556. The number of nitrogens with one attached hydrogen (secondary N) is 2. The minimum Gasteiger partial charge on any atom is -0.346 e. The second-order valence-electron chi connectivity index (χ2n) is 5.73. The van der Waals surface area contributed by atoms with E-state index < -0.39 is 0 Å². The van der Waals surface area contributed by atoms with E-state index in [0.717, 1.165) is 5.69 Å². The first-order chi connectivity index (χ1) is 13.2. The van der Waals surface area contributed by atoms with Crippen LogP contribution in [-0.4, -0.2) is 16.8 Å². The third kappa shape index (κ3) is 4.77. The van der Waals surface area contributed by atoms with Crippen molar-refractivity contribution in [1.29, 1.82) is 5.26 Å². The van der Waals surface area contributed by atoms with Gasteiger partial charge >= 0.3 is 0 Å². The smallest absolute Gasteiger partial charge is 0.255 e. The van der Waals surface area contributed by atoms with E-state index >= 15 is 0 Å². The van der Waals surface area contributed by atoms with Crippen molar-refractivity contribution in [2.75, 3.05) is 5.32 Å². The Labute approximate surface area is 156 Å². The molecule has 0 fully saturated rings. The standard InChI is InChI=1S/C21H16N4O2/c22-13-15-4-3-6-18(12-15)25-21(27)17-9-7-16(8-10-17)20(26)24-14-19-5-1-2-11-23-19/h1-12H,14H2,(H,24,26)(H,25,27). The Morgan fingerprint density at radius 2 is 1.67 bits per heavy atom. The van der Waals surface area contributed by atoms with Gasteiger partial charge in [0, 0.05) is 23.0 Å². The lowest BCUT2D eigenvalue weighted by Crippen LogP contribution is -2.23. The summed E-state index contributed by atoms with van der Waals surface area (Å²) >= 11 is 0. The molecule has 6 heteroatoms. The van der Waals surface area contributed by atoms with Gasteiger partial charge in [0.25, 0.3) is 11.8 Å². The van der Waals surface area contributed by atoms with Gasteiger partial charge in [0.2, 0.25) is 0 Å². The molecule has 27 heavy (non-hydrogen) atoms. The van der Waals surface area contributed by atoms with Crippen molar-refractivity contribution in [2.24, 2.45) is 0 Å². The molecule has 0 saturated heterocycles. The zero-order chi connectivity index (χ0) is 19.1. The summed E-state index contributed by atoms with van der Waals surface area (Å²) in [6.07, 6.45) is 1.67. The molecular formula is C21H16N4O2. The third-order valence-electron chi connectivity index (χ3n) is 3.82. The van der Waals surface area contributed by atoms with Gasteiger partial charge in [0.1, 0.15) is 0 Å². The van der Waals surface area contributed by atoms with Crippen LogP contribution >= 0.6 is 0 Å². The van der Waals surface area contributed by atoms with Crippen molar-refractivity contribution in [1.82, 2.24) is 10.3 Å². The van der Waals surface area contributed by atoms with Crippen LogP contribution < -0.4 is 10.6 Å². The summed E-state index contributed by atoms with van der Waals surface area (Å²) in [7, 11) is 0. The minimum atomic E-state index is -0.314. The van der Waals surface area contributed by atoms with Gasteiger partial charge in [-0.3, -0.25) is 14.6 Å². The number of hydrogen-bond donors (Lipinski definition) is 2. The number of benzene rings is 2. The summed E-state index contributed by atoms with van der Waals surface area (Å²) in [6.45, 7) is 0.331. The summed E-state index contributed by atoms with van der Waals surface area (Å²) in [5, 5.41) is 14.4. The Morgan fingerprint density at radius 3 is 2.33 bits per heavy atom. The fourth-order valence-corrected chi connectivity index (χ4v) is 2.42. The highest BCUT2D eigenvalue weighted by molar-refractivity contribution is 6.05. The predicted octanol–water partition coefficient (Wildman–Crippen LogP) is 3.14. The zero-order valence-electron chi connectivity index (χ0n) is 14.3. The number of carbonyl (C=O) groups is 2. The first-order valence-corrected chi connectivity index (χ1v) is 8.25. The number of anilines is 1. The fraction of sp³-hybridized carbons (Fsp3) is 0.0476. The number of carbonyl (C=O) groups excluding carboxylic acids is 2. The molecule has 1 aromatic heterocycles. The van der Waals surface area contributed by atoms with Crippen LogP contribution in [0.25, 0.3) is 0 Å². The SMILES string of the molecule is N#Cc1cccc(NC(=O)c2ccc(C(=O)NCc3ccccn3)cc2)c1. The molecule has 0 aliphatic heterocycles. The van der Waals surface area contributed by atoms with Crippen molar-refractivity contribution < 1.29 is 9.59 Å². The molecule has 0 unspecified atom stereocenters. The molecule has 6 nitrogen and oxygen atoms in total. The van der Waals surface area contributed by atoms with Gasteiger partial charge in [-0.05, 0) is 54.6 Å². The Kier molecular flexibility index (Phi) is 5.55. The molecule has 1 heterocycles. The second-order valence-corrected chi connectivity index (χ2v) is 5.73.